The van der Waals surface area contributed by atoms with Crippen LogP contribution < -0.4 is 30.4 Å². The van der Waals surface area contributed by atoms with E-state index >= 15 is 0 Å². The number of hydrogen-bond acceptors (Lipinski definition) is 17. The van der Waals surface area contributed by atoms with Crippen LogP contribution in [-0.2, 0) is 37.6 Å². The first-order valence-electron chi connectivity index (χ1n) is 14.5. The van der Waals surface area contributed by atoms with Gasteiger partial charge in [-0.05, 0) is 17.5 Å². The summed E-state index contributed by atoms with van der Waals surface area (Å²) in [7, 11) is -5.13. The highest BCUT2D eigenvalue weighted by Crippen LogP contribution is 2.40. The standard InChI is InChI=1S/C30H40N3O14P/c34-26(35)16-31(12-13-32(17-27(36)37)18-28(38)39)15-24(33(19-29(40)41)20-30(42)43)21-47-48(44,45)46-14-11-25(22-7-3-1-4-8-22)23-9-5-2-6-10-23/h1-10,24-25H,11-21H2,(H,34,35)(H,36,37)(H,38,39)(H,40,41)(H,42,43)(H,44,45)/p-6. The predicted molar refractivity (Wildman–Crippen MR) is 152 cm³/mol. The van der Waals surface area contributed by atoms with Gasteiger partial charge in [-0.3, -0.25) is 19.3 Å². The fourth-order valence-corrected chi connectivity index (χ4v) is 5.65. The number of aliphatic carboxylic acids is 5. The number of carbonyl (C=O) groups excluding carboxylic acids is 5. The zero-order valence-corrected chi connectivity index (χ0v) is 26.6. The Morgan fingerprint density at radius 3 is 1.48 bits per heavy atom. The van der Waals surface area contributed by atoms with Gasteiger partial charge in [0.1, 0.15) is 0 Å². The summed E-state index contributed by atoms with van der Waals surface area (Å²) in [4.78, 5) is 71.7. The second-order valence-electron chi connectivity index (χ2n) is 10.6. The largest absolute Gasteiger partial charge is 0.756 e. The molecule has 0 aliphatic carbocycles. The zero-order valence-electron chi connectivity index (χ0n) is 25.7. The molecule has 0 bridgehead atoms. The molecule has 18 heteroatoms. The normalized spacial score (nSPS) is 13.4. The van der Waals surface area contributed by atoms with Gasteiger partial charge < -0.3 is 63.4 Å². The van der Waals surface area contributed by atoms with Crippen molar-refractivity contribution in [2.24, 2.45) is 0 Å². The van der Waals surface area contributed by atoms with Gasteiger partial charge >= 0.3 is 0 Å². The molecule has 2 rings (SSSR count). The molecular weight excluding hydrogens is 657 g/mol. The van der Waals surface area contributed by atoms with Crippen LogP contribution in [0.5, 0.6) is 0 Å². The molecule has 0 aliphatic rings. The summed E-state index contributed by atoms with van der Waals surface area (Å²) < 4.78 is 22.9. The Balaban J connectivity index is 2.22. The molecule has 264 valence electrons. The number of carboxylic acid groups (broad SMARTS) is 5. The molecule has 0 N–H and O–H groups in total. The highest BCUT2D eigenvalue weighted by molar-refractivity contribution is 7.45. The van der Waals surface area contributed by atoms with Gasteiger partial charge in [0.2, 0.25) is 0 Å². The molecule has 0 heterocycles. The Hall–Kier alpha value is -4.22. The van der Waals surface area contributed by atoms with E-state index in [0.717, 1.165) is 20.9 Å². The Morgan fingerprint density at radius 1 is 0.625 bits per heavy atom. The predicted octanol–water partition coefficient (Wildman–Crippen LogP) is -6.27. The summed E-state index contributed by atoms with van der Waals surface area (Å²) in [6.07, 6.45) is 0.197. The van der Waals surface area contributed by atoms with Gasteiger partial charge in [-0.15, -0.1) is 0 Å². The van der Waals surface area contributed by atoms with Crippen molar-refractivity contribution in [2.45, 2.75) is 18.4 Å². The van der Waals surface area contributed by atoms with Crippen molar-refractivity contribution >= 4 is 37.7 Å². The number of carboxylic acids is 5. The summed E-state index contributed by atoms with van der Waals surface area (Å²) in [5.41, 5.74) is 1.78. The maximum Gasteiger partial charge on any atom is 0.267 e. The number of rotatable bonds is 25. The fraction of sp³-hybridized carbons (Fsp3) is 0.433. The van der Waals surface area contributed by atoms with E-state index in [0.29, 0.717) is 4.90 Å². The maximum absolute atomic E-state index is 12.8. The first-order valence-corrected chi connectivity index (χ1v) is 16.0. The zero-order chi connectivity index (χ0) is 35.7. The van der Waals surface area contributed by atoms with Crippen LogP contribution in [0.4, 0.5) is 0 Å². The van der Waals surface area contributed by atoms with Crippen LogP contribution in [0.2, 0.25) is 0 Å². The van der Waals surface area contributed by atoms with Crippen molar-refractivity contribution in [3.63, 3.8) is 0 Å². The highest BCUT2D eigenvalue weighted by Gasteiger charge is 2.26. The number of hydrogen-bond donors (Lipinski definition) is 0. The van der Waals surface area contributed by atoms with Gasteiger partial charge in [-0.1, -0.05) is 60.7 Å². The smallest absolute Gasteiger partial charge is 0.267 e. The third-order valence-electron chi connectivity index (χ3n) is 6.93. The van der Waals surface area contributed by atoms with Crippen molar-refractivity contribution < 1.29 is 68.0 Å². The Bertz CT molecular complexity index is 1330. The van der Waals surface area contributed by atoms with Crippen LogP contribution in [0.25, 0.3) is 0 Å². The van der Waals surface area contributed by atoms with Crippen molar-refractivity contribution in [2.75, 3.05) is 65.6 Å². The number of nitrogens with zero attached hydrogens (tertiary/aromatic N) is 3. The minimum absolute atomic E-state index is 0.197. The lowest BCUT2D eigenvalue weighted by Crippen LogP contribution is -2.55. The molecule has 2 unspecified atom stereocenters. The van der Waals surface area contributed by atoms with Crippen molar-refractivity contribution in [1.29, 1.82) is 0 Å². The monoisotopic (exact) mass is 691 g/mol. The topological polar surface area (TPSA) is 269 Å². The third-order valence-corrected chi connectivity index (χ3v) is 7.89. The molecule has 0 fully saturated rings. The number of benzene rings is 2. The molecule has 0 saturated carbocycles. The molecule has 17 nitrogen and oxygen atoms in total. The van der Waals surface area contributed by atoms with Crippen molar-refractivity contribution in [3.8, 4) is 0 Å². The minimum atomic E-state index is -5.13. The number of phosphoric ester groups is 1. The molecule has 2 atom stereocenters. The molecule has 48 heavy (non-hydrogen) atoms. The summed E-state index contributed by atoms with van der Waals surface area (Å²) in [5.74, 6) is -8.75. The average Bonchev–Trinajstić information content (AvgIpc) is 2.99. The van der Waals surface area contributed by atoms with E-state index in [1.807, 2.05) is 60.7 Å². The lowest BCUT2D eigenvalue weighted by molar-refractivity contribution is -0.313. The molecule has 2 aromatic rings. The number of phosphoric acid groups is 1. The van der Waals surface area contributed by atoms with Crippen LogP contribution in [0.1, 0.15) is 23.5 Å². The van der Waals surface area contributed by atoms with Gasteiger partial charge in [0, 0.05) is 64.3 Å². The molecule has 0 spiro atoms. The van der Waals surface area contributed by atoms with E-state index in [9.17, 15) is 59.0 Å². The van der Waals surface area contributed by atoms with Gasteiger partial charge in [-0.25, -0.2) is 0 Å². The van der Waals surface area contributed by atoms with Crippen LogP contribution >= 0.6 is 7.82 Å². The van der Waals surface area contributed by atoms with Gasteiger partial charge in [0.05, 0.1) is 43.1 Å². The second-order valence-corrected chi connectivity index (χ2v) is 12.0. The van der Waals surface area contributed by atoms with E-state index in [2.05, 4.69) is 0 Å². The summed E-state index contributed by atoms with van der Waals surface area (Å²) >= 11 is 0. The van der Waals surface area contributed by atoms with E-state index in [1.165, 1.54) is 0 Å². The van der Waals surface area contributed by atoms with Crippen LogP contribution in [0.3, 0.4) is 0 Å². The molecule has 0 amide bonds. The average molecular weight is 692 g/mol. The molecular formula is C30H34N3O14P-6. The van der Waals surface area contributed by atoms with Crippen LogP contribution in [0.15, 0.2) is 60.7 Å². The molecule has 0 saturated heterocycles. The van der Waals surface area contributed by atoms with E-state index in [-0.39, 0.29) is 25.5 Å². The molecule has 2 aromatic carbocycles. The van der Waals surface area contributed by atoms with E-state index < -0.39 is 96.1 Å². The van der Waals surface area contributed by atoms with Crippen molar-refractivity contribution in [1.82, 2.24) is 14.7 Å². The SMILES string of the molecule is O=C([O-])CN(CCN(CC(=O)[O-])CC(COP(=O)([O-])OCCC(c1ccccc1)c1ccccc1)N(CC(=O)[O-])CC(=O)[O-])CC(=O)[O-]. The van der Waals surface area contributed by atoms with Gasteiger partial charge in [0.15, 0.2) is 0 Å². The first-order chi connectivity index (χ1) is 22.6. The third kappa shape index (κ3) is 16.1. The van der Waals surface area contributed by atoms with E-state index in [4.69, 9.17) is 9.05 Å². The summed E-state index contributed by atoms with van der Waals surface area (Å²) in [6, 6.07) is 17.0. The first kappa shape index (κ1) is 40.0. The molecule has 0 radical (unpaired) electrons. The van der Waals surface area contributed by atoms with E-state index in [1.54, 1.807) is 0 Å². The summed E-state index contributed by atoms with van der Waals surface area (Å²) in [6.45, 7) is -7.39. The van der Waals surface area contributed by atoms with Gasteiger partial charge in [-0.2, -0.15) is 0 Å². The Labute approximate surface area is 276 Å². The quantitative estimate of drug-likeness (QED) is 0.0876. The molecule has 0 aliphatic heterocycles. The van der Waals surface area contributed by atoms with Crippen LogP contribution in [0, 0.1) is 0 Å². The van der Waals surface area contributed by atoms with Crippen LogP contribution in [-0.4, -0.2) is 116 Å². The highest BCUT2D eigenvalue weighted by atomic mass is 31.2. The van der Waals surface area contributed by atoms with Crippen molar-refractivity contribution in [3.05, 3.63) is 71.8 Å². The Kier molecular flexibility index (Phi) is 16.8. The fourth-order valence-electron chi connectivity index (χ4n) is 4.89. The van der Waals surface area contributed by atoms with Gasteiger partial charge in [0.25, 0.3) is 7.82 Å². The summed E-state index contributed by atoms with van der Waals surface area (Å²) in [5, 5.41) is 56.4. The minimum Gasteiger partial charge on any atom is -0.756 e. The maximum atomic E-state index is 12.8. The Morgan fingerprint density at radius 2 is 1.04 bits per heavy atom. The lowest BCUT2D eigenvalue weighted by atomic mass is 9.89. The molecule has 0 aromatic heterocycles. The number of carbonyl (C=O) groups is 5. The second kappa shape index (κ2) is 20.2. The lowest BCUT2D eigenvalue weighted by Gasteiger charge is -2.37.